The summed E-state index contributed by atoms with van der Waals surface area (Å²) in [6.45, 7) is 0.394. The lowest BCUT2D eigenvalue weighted by atomic mass is 10.3. The quantitative estimate of drug-likeness (QED) is 0.453. The molecule has 0 aromatic heterocycles. The maximum atomic E-state index is 10.2. The largest absolute Gasteiger partial charge is 0.395 e. The van der Waals surface area contributed by atoms with Gasteiger partial charge in [-0.1, -0.05) is 0 Å². The normalized spacial score (nSPS) is 18.4. The van der Waals surface area contributed by atoms with Crippen molar-refractivity contribution in [3.05, 3.63) is 0 Å². The molecule has 0 saturated carbocycles. The second-order valence-corrected chi connectivity index (χ2v) is 3.61. The minimum Gasteiger partial charge on any atom is -0.395 e. The van der Waals surface area contributed by atoms with E-state index in [1.54, 1.807) is 0 Å². The lowest BCUT2D eigenvalue weighted by Crippen LogP contribution is -2.34. The van der Waals surface area contributed by atoms with Crippen molar-refractivity contribution in [2.75, 3.05) is 6.61 Å². The molecule has 0 spiro atoms. The molecule has 0 aliphatic carbocycles. The number of hydrogen-bond acceptors (Lipinski definition) is 4. The van der Waals surface area contributed by atoms with E-state index in [4.69, 9.17) is 14.8 Å². The van der Waals surface area contributed by atoms with Gasteiger partial charge in [0.1, 0.15) is 5.25 Å². The molecule has 0 aromatic carbocycles. The Hall–Kier alpha value is -0.170. The minimum absolute atomic E-state index is 0.781. The van der Waals surface area contributed by atoms with Crippen molar-refractivity contribution in [1.29, 1.82) is 0 Å². The molecule has 0 aromatic rings. The molecule has 0 fully saturated rings. The monoisotopic (exact) mass is 170 g/mol. The average molecular weight is 170 g/mol. The molecule has 0 saturated heterocycles. The summed E-state index contributed by atoms with van der Waals surface area (Å²) in [7, 11) is -4.31. The van der Waals surface area contributed by atoms with Crippen LogP contribution in [0.15, 0.2) is 0 Å². The highest BCUT2D eigenvalue weighted by atomic mass is 32.2. The Bertz CT molecular complexity index is 182. The first-order valence-corrected chi connectivity index (χ1v) is 4.15. The zero-order valence-electron chi connectivity index (χ0n) is 5.43. The number of rotatable bonds is 3. The van der Waals surface area contributed by atoms with Crippen LogP contribution in [0.3, 0.4) is 0 Å². The molecule has 5 nitrogen and oxygen atoms in total. The fourth-order valence-corrected chi connectivity index (χ4v) is 1.18. The van der Waals surface area contributed by atoms with Crippen LogP contribution < -0.4 is 0 Å². The molecule has 0 bridgehead atoms. The van der Waals surface area contributed by atoms with Crippen LogP contribution in [-0.4, -0.2) is 41.1 Å². The molecule has 0 radical (unpaired) electrons. The Labute approximate surface area is 59.1 Å². The van der Waals surface area contributed by atoms with Crippen LogP contribution in [0.1, 0.15) is 6.92 Å². The van der Waals surface area contributed by atoms with Crippen LogP contribution >= 0.6 is 0 Å². The van der Waals surface area contributed by atoms with Gasteiger partial charge in [-0.15, -0.1) is 0 Å². The van der Waals surface area contributed by atoms with Gasteiger partial charge in [0, 0.05) is 0 Å². The van der Waals surface area contributed by atoms with Crippen molar-refractivity contribution in [1.82, 2.24) is 0 Å². The smallest absolute Gasteiger partial charge is 0.272 e. The summed E-state index contributed by atoms with van der Waals surface area (Å²) in [5.74, 6) is 0. The summed E-state index contributed by atoms with van der Waals surface area (Å²) in [5.41, 5.74) is 0. The van der Waals surface area contributed by atoms with Crippen LogP contribution in [0.2, 0.25) is 0 Å². The lowest BCUT2D eigenvalue weighted by Gasteiger charge is -2.12. The van der Waals surface area contributed by atoms with Gasteiger partial charge in [-0.05, 0) is 6.92 Å². The van der Waals surface area contributed by atoms with Crippen molar-refractivity contribution >= 4 is 10.1 Å². The number of aliphatic hydroxyl groups is 2. The molecule has 3 N–H and O–H groups in total. The Kier molecular flexibility index (Phi) is 3.23. The average Bonchev–Trinajstić information content (AvgIpc) is 1.60. The summed E-state index contributed by atoms with van der Waals surface area (Å²) in [6, 6.07) is 0. The molecule has 10 heavy (non-hydrogen) atoms. The van der Waals surface area contributed by atoms with E-state index in [2.05, 4.69) is 0 Å². The maximum absolute atomic E-state index is 10.2. The molecule has 0 aliphatic rings. The summed E-state index contributed by atoms with van der Waals surface area (Å²) < 4.78 is 28.8. The fraction of sp³-hybridized carbons (Fsp3) is 1.00. The third-order valence-corrected chi connectivity index (χ3v) is 2.41. The predicted octanol–water partition coefficient (Wildman–Crippen LogP) is -1.38. The van der Waals surface area contributed by atoms with E-state index in [0.717, 1.165) is 0 Å². The summed E-state index contributed by atoms with van der Waals surface area (Å²) in [4.78, 5) is 0. The van der Waals surface area contributed by atoms with Gasteiger partial charge in [0.05, 0.1) is 12.7 Å². The Morgan fingerprint density at radius 2 is 1.90 bits per heavy atom. The van der Waals surface area contributed by atoms with Crippen molar-refractivity contribution in [3.63, 3.8) is 0 Å². The molecule has 2 unspecified atom stereocenters. The Morgan fingerprint density at radius 3 is 1.90 bits per heavy atom. The van der Waals surface area contributed by atoms with Crippen LogP contribution in [0.5, 0.6) is 0 Å². The van der Waals surface area contributed by atoms with E-state index >= 15 is 0 Å². The highest BCUT2D eigenvalue weighted by Crippen LogP contribution is 2.02. The summed E-state index contributed by atoms with van der Waals surface area (Å²) in [6.07, 6.45) is -1.26. The van der Waals surface area contributed by atoms with E-state index in [0.29, 0.717) is 0 Å². The zero-order chi connectivity index (χ0) is 8.36. The van der Waals surface area contributed by atoms with Crippen molar-refractivity contribution in [3.8, 4) is 0 Å². The van der Waals surface area contributed by atoms with Crippen LogP contribution in [0.25, 0.3) is 0 Å². The van der Waals surface area contributed by atoms with Gasteiger partial charge >= 0.3 is 0 Å². The van der Waals surface area contributed by atoms with Gasteiger partial charge in [0.25, 0.3) is 10.1 Å². The van der Waals surface area contributed by atoms with Gasteiger partial charge in [-0.25, -0.2) is 0 Å². The zero-order valence-corrected chi connectivity index (χ0v) is 6.24. The highest BCUT2D eigenvalue weighted by molar-refractivity contribution is 7.86. The van der Waals surface area contributed by atoms with Crippen LogP contribution in [0, 0.1) is 0 Å². The summed E-state index contributed by atoms with van der Waals surface area (Å²) in [5, 5.41) is 15.5. The minimum atomic E-state index is -4.31. The second-order valence-electron chi connectivity index (χ2n) is 1.98. The lowest BCUT2D eigenvalue weighted by molar-refractivity contribution is 0.148. The first-order chi connectivity index (χ1) is 4.39. The van der Waals surface area contributed by atoms with E-state index in [1.165, 1.54) is 6.92 Å². The molecular formula is C4H10O5S. The first kappa shape index (κ1) is 9.83. The van der Waals surface area contributed by atoms with Crippen molar-refractivity contribution < 1.29 is 23.2 Å². The molecule has 2 atom stereocenters. The first-order valence-electron chi connectivity index (χ1n) is 2.64. The van der Waals surface area contributed by atoms with E-state index < -0.39 is 28.1 Å². The van der Waals surface area contributed by atoms with Crippen molar-refractivity contribution in [2.45, 2.75) is 18.3 Å². The summed E-state index contributed by atoms with van der Waals surface area (Å²) >= 11 is 0. The number of hydrogen-bond donors (Lipinski definition) is 3. The topological polar surface area (TPSA) is 94.8 Å². The molecule has 0 aliphatic heterocycles. The Morgan fingerprint density at radius 1 is 1.50 bits per heavy atom. The molecular weight excluding hydrogens is 160 g/mol. The van der Waals surface area contributed by atoms with Gasteiger partial charge in [0.2, 0.25) is 0 Å². The van der Waals surface area contributed by atoms with Crippen molar-refractivity contribution in [2.24, 2.45) is 0 Å². The second kappa shape index (κ2) is 3.29. The van der Waals surface area contributed by atoms with Gasteiger partial charge < -0.3 is 10.2 Å². The van der Waals surface area contributed by atoms with Crippen LogP contribution in [-0.2, 0) is 10.1 Å². The molecule has 0 amide bonds. The SMILES string of the molecule is CC(O)C(CO)S(=O)(=O)O. The highest BCUT2D eigenvalue weighted by Gasteiger charge is 2.26. The van der Waals surface area contributed by atoms with Gasteiger partial charge in [-0.3, -0.25) is 4.55 Å². The van der Waals surface area contributed by atoms with Gasteiger partial charge in [-0.2, -0.15) is 8.42 Å². The van der Waals surface area contributed by atoms with E-state index in [9.17, 15) is 8.42 Å². The fourth-order valence-electron chi connectivity index (χ4n) is 0.496. The molecule has 0 rings (SSSR count). The molecule has 62 valence electrons. The van der Waals surface area contributed by atoms with Gasteiger partial charge in [0.15, 0.2) is 0 Å². The molecule has 0 heterocycles. The van der Waals surface area contributed by atoms with E-state index in [-0.39, 0.29) is 0 Å². The predicted molar refractivity (Wildman–Crippen MR) is 34.1 cm³/mol. The Balaban J connectivity index is 4.38. The number of aliphatic hydroxyl groups excluding tert-OH is 2. The standard InChI is InChI=1S/C4H10O5S/c1-3(6)4(2-5)10(7,8)9/h3-6H,2H2,1H3,(H,7,8,9). The maximum Gasteiger partial charge on any atom is 0.272 e. The third-order valence-electron chi connectivity index (χ3n) is 1.10. The molecule has 6 heteroatoms. The van der Waals surface area contributed by atoms with Crippen LogP contribution in [0.4, 0.5) is 0 Å². The third kappa shape index (κ3) is 2.61. The van der Waals surface area contributed by atoms with E-state index in [1.807, 2.05) is 0 Å².